The Morgan fingerprint density at radius 1 is 1.26 bits per heavy atom. The first-order chi connectivity index (χ1) is 8.81. The molecule has 0 aliphatic carbocycles. The molecule has 0 heterocycles. The maximum Gasteiger partial charge on any atom is 0.241 e. The molecule has 0 saturated carbocycles. The fourth-order valence-electron chi connectivity index (χ4n) is 1.34. The minimum absolute atomic E-state index is 0.0433. The SMILES string of the molecule is COc1ccc(S(=O)(=O)N[C@@H](C)C(N)=O)cc1OC. The van der Waals surface area contributed by atoms with Gasteiger partial charge < -0.3 is 15.2 Å². The van der Waals surface area contributed by atoms with E-state index in [1.54, 1.807) is 0 Å². The number of carbonyl (C=O) groups is 1. The topological polar surface area (TPSA) is 108 Å². The highest BCUT2D eigenvalue weighted by atomic mass is 32.2. The molecule has 0 radical (unpaired) electrons. The van der Waals surface area contributed by atoms with Crippen molar-refractivity contribution >= 4 is 15.9 Å². The van der Waals surface area contributed by atoms with Crippen molar-refractivity contribution < 1.29 is 22.7 Å². The second-order valence-electron chi connectivity index (χ2n) is 3.76. The molecule has 0 spiro atoms. The average Bonchev–Trinajstić information content (AvgIpc) is 2.37. The molecule has 0 aromatic heterocycles. The molecule has 8 heteroatoms. The van der Waals surface area contributed by atoms with Crippen LogP contribution in [0.3, 0.4) is 0 Å². The zero-order chi connectivity index (χ0) is 14.6. The smallest absolute Gasteiger partial charge is 0.241 e. The van der Waals surface area contributed by atoms with Gasteiger partial charge in [0.25, 0.3) is 0 Å². The Kier molecular flexibility index (Phi) is 4.73. The van der Waals surface area contributed by atoms with Gasteiger partial charge in [-0.15, -0.1) is 0 Å². The van der Waals surface area contributed by atoms with Gasteiger partial charge in [-0.3, -0.25) is 4.79 Å². The van der Waals surface area contributed by atoms with Crippen molar-refractivity contribution in [1.29, 1.82) is 0 Å². The molecule has 1 aromatic carbocycles. The van der Waals surface area contributed by atoms with Crippen molar-refractivity contribution in [1.82, 2.24) is 4.72 Å². The van der Waals surface area contributed by atoms with Gasteiger partial charge in [-0.2, -0.15) is 4.72 Å². The zero-order valence-electron chi connectivity index (χ0n) is 10.8. The lowest BCUT2D eigenvalue weighted by Crippen LogP contribution is -2.42. The number of primary amides is 1. The van der Waals surface area contributed by atoms with Gasteiger partial charge >= 0.3 is 0 Å². The van der Waals surface area contributed by atoms with Crippen molar-refractivity contribution in [2.45, 2.75) is 17.9 Å². The van der Waals surface area contributed by atoms with Gasteiger partial charge in [-0.1, -0.05) is 0 Å². The monoisotopic (exact) mass is 288 g/mol. The van der Waals surface area contributed by atoms with Gasteiger partial charge in [-0.05, 0) is 19.1 Å². The standard InChI is InChI=1S/C11H16N2O5S/c1-7(11(12)14)13-19(15,16)8-4-5-9(17-2)10(6-8)18-3/h4-7,13H,1-3H3,(H2,12,14)/t7-/m0/s1. The summed E-state index contributed by atoms with van der Waals surface area (Å²) < 4.78 is 36.2. The van der Waals surface area contributed by atoms with Crippen LogP contribution in [0.2, 0.25) is 0 Å². The Morgan fingerprint density at radius 2 is 1.84 bits per heavy atom. The number of hydrogen-bond donors (Lipinski definition) is 2. The second kappa shape index (κ2) is 5.89. The molecule has 19 heavy (non-hydrogen) atoms. The van der Waals surface area contributed by atoms with Crippen LogP contribution in [0.15, 0.2) is 23.1 Å². The average molecular weight is 288 g/mol. The van der Waals surface area contributed by atoms with Crippen LogP contribution < -0.4 is 19.9 Å². The van der Waals surface area contributed by atoms with Crippen LogP contribution in [-0.2, 0) is 14.8 Å². The molecule has 0 saturated heterocycles. The van der Waals surface area contributed by atoms with E-state index in [2.05, 4.69) is 4.72 Å². The molecule has 0 unspecified atom stereocenters. The minimum atomic E-state index is -3.85. The maximum atomic E-state index is 12.0. The van der Waals surface area contributed by atoms with E-state index >= 15 is 0 Å². The van der Waals surface area contributed by atoms with Gasteiger partial charge in [-0.25, -0.2) is 8.42 Å². The number of benzene rings is 1. The molecule has 1 rings (SSSR count). The number of nitrogens with two attached hydrogens (primary N) is 1. The van der Waals surface area contributed by atoms with Crippen LogP contribution in [0.25, 0.3) is 0 Å². The number of carbonyl (C=O) groups excluding carboxylic acids is 1. The Bertz CT molecular complexity index is 570. The highest BCUT2D eigenvalue weighted by molar-refractivity contribution is 7.89. The molecule has 1 atom stereocenters. The number of ether oxygens (including phenoxy) is 2. The van der Waals surface area contributed by atoms with Crippen LogP contribution >= 0.6 is 0 Å². The minimum Gasteiger partial charge on any atom is -0.493 e. The third kappa shape index (κ3) is 3.58. The van der Waals surface area contributed by atoms with Crippen molar-refractivity contribution in [3.8, 4) is 11.5 Å². The van der Waals surface area contributed by atoms with Crippen LogP contribution in [-0.4, -0.2) is 34.6 Å². The van der Waals surface area contributed by atoms with E-state index in [0.29, 0.717) is 5.75 Å². The number of hydrogen-bond acceptors (Lipinski definition) is 5. The molecule has 0 bridgehead atoms. The number of amides is 1. The third-order valence-corrected chi connectivity index (χ3v) is 3.96. The highest BCUT2D eigenvalue weighted by Crippen LogP contribution is 2.29. The number of rotatable bonds is 6. The summed E-state index contributed by atoms with van der Waals surface area (Å²) in [7, 11) is -1.01. The predicted molar refractivity (Wildman–Crippen MR) is 68.5 cm³/mol. The van der Waals surface area contributed by atoms with Crippen LogP contribution in [0, 0.1) is 0 Å². The van der Waals surface area contributed by atoms with Crippen LogP contribution in [0.1, 0.15) is 6.92 Å². The third-order valence-electron chi connectivity index (χ3n) is 2.42. The molecular formula is C11H16N2O5S. The summed E-state index contributed by atoms with van der Waals surface area (Å²) in [5.74, 6) is -0.0782. The highest BCUT2D eigenvalue weighted by Gasteiger charge is 2.21. The van der Waals surface area contributed by atoms with Gasteiger partial charge in [0.1, 0.15) is 0 Å². The second-order valence-corrected chi connectivity index (χ2v) is 5.48. The lowest BCUT2D eigenvalue weighted by molar-refractivity contribution is -0.119. The van der Waals surface area contributed by atoms with Gasteiger partial charge in [0.05, 0.1) is 25.2 Å². The van der Waals surface area contributed by atoms with Crippen molar-refractivity contribution in [3.63, 3.8) is 0 Å². The maximum absolute atomic E-state index is 12.0. The normalized spacial score (nSPS) is 12.8. The van der Waals surface area contributed by atoms with E-state index in [0.717, 1.165) is 0 Å². The summed E-state index contributed by atoms with van der Waals surface area (Å²) in [6.45, 7) is 1.36. The Morgan fingerprint density at radius 3 is 2.32 bits per heavy atom. The predicted octanol–water partition coefficient (Wildman–Crippen LogP) is -0.144. The Hall–Kier alpha value is -1.80. The molecular weight excluding hydrogens is 272 g/mol. The molecule has 1 aromatic rings. The van der Waals surface area contributed by atoms with Gasteiger partial charge in [0.15, 0.2) is 11.5 Å². The quantitative estimate of drug-likeness (QED) is 0.757. The molecule has 0 aliphatic rings. The van der Waals surface area contributed by atoms with E-state index in [9.17, 15) is 13.2 Å². The summed E-state index contributed by atoms with van der Waals surface area (Å²) in [5.41, 5.74) is 5.01. The Labute approximate surface area is 111 Å². The molecule has 1 amide bonds. The fourth-order valence-corrected chi connectivity index (χ4v) is 2.57. The van der Waals surface area contributed by atoms with E-state index in [4.69, 9.17) is 15.2 Å². The molecule has 0 fully saturated rings. The summed E-state index contributed by atoms with van der Waals surface area (Å²) in [4.78, 5) is 10.8. The molecule has 3 N–H and O–H groups in total. The largest absolute Gasteiger partial charge is 0.493 e. The van der Waals surface area contributed by atoms with E-state index < -0.39 is 22.0 Å². The summed E-state index contributed by atoms with van der Waals surface area (Å²) >= 11 is 0. The van der Waals surface area contributed by atoms with Crippen molar-refractivity contribution in [3.05, 3.63) is 18.2 Å². The lowest BCUT2D eigenvalue weighted by atomic mass is 10.3. The first-order valence-corrected chi connectivity index (χ1v) is 6.84. The zero-order valence-corrected chi connectivity index (χ0v) is 11.7. The Balaban J connectivity index is 3.12. The van der Waals surface area contributed by atoms with Crippen molar-refractivity contribution in [2.24, 2.45) is 5.73 Å². The first-order valence-electron chi connectivity index (χ1n) is 5.35. The van der Waals surface area contributed by atoms with Crippen LogP contribution in [0.4, 0.5) is 0 Å². The molecule has 7 nitrogen and oxygen atoms in total. The molecule has 106 valence electrons. The van der Waals surface area contributed by atoms with Crippen LogP contribution in [0.5, 0.6) is 11.5 Å². The lowest BCUT2D eigenvalue weighted by Gasteiger charge is -2.13. The molecule has 0 aliphatic heterocycles. The summed E-state index contributed by atoms with van der Waals surface area (Å²) in [5, 5.41) is 0. The number of methoxy groups -OCH3 is 2. The summed E-state index contributed by atoms with van der Waals surface area (Å²) in [6.07, 6.45) is 0. The van der Waals surface area contributed by atoms with E-state index in [1.807, 2.05) is 0 Å². The van der Waals surface area contributed by atoms with Gasteiger partial charge in [0, 0.05) is 6.07 Å². The number of nitrogens with one attached hydrogen (secondary N) is 1. The first kappa shape index (κ1) is 15.3. The van der Waals surface area contributed by atoms with E-state index in [1.165, 1.54) is 39.3 Å². The van der Waals surface area contributed by atoms with Crippen molar-refractivity contribution in [2.75, 3.05) is 14.2 Å². The fraction of sp³-hybridized carbons (Fsp3) is 0.364. The van der Waals surface area contributed by atoms with Gasteiger partial charge in [0.2, 0.25) is 15.9 Å². The summed E-state index contributed by atoms with van der Waals surface area (Å²) in [6, 6.07) is 3.10. The number of sulfonamides is 1. The van der Waals surface area contributed by atoms with E-state index in [-0.39, 0.29) is 10.6 Å².